The smallest absolute Gasteiger partial charge is 0.338 e. The van der Waals surface area contributed by atoms with Crippen molar-refractivity contribution in [2.24, 2.45) is 10.8 Å². The predicted octanol–water partition coefficient (Wildman–Crippen LogP) is 1.65. The van der Waals surface area contributed by atoms with Crippen molar-refractivity contribution in [2.75, 3.05) is 6.61 Å². The Morgan fingerprint density at radius 3 is 1.75 bits per heavy atom. The molecule has 0 heterocycles. The summed E-state index contributed by atoms with van der Waals surface area (Å²) < 4.78 is 0. The van der Waals surface area contributed by atoms with E-state index < -0.39 is 18.2 Å². The van der Waals surface area contributed by atoms with Crippen molar-refractivity contribution in [3.05, 3.63) is 0 Å². The number of carbonyl (C=O) groups is 1. The van der Waals surface area contributed by atoms with Gasteiger partial charge in [0.05, 0.1) is 6.61 Å². The van der Waals surface area contributed by atoms with Gasteiger partial charge in [0.1, 0.15) is 0 Å². The van der Waals surface area contributed by atoms with E-state index in [1.807, 2.05) is 13.8 Å². The van der Waals surface area contributed by atoms with Gasteiger partial charge in [-0.25, -0.2) is 4.79 Å². The number of carboxylic acids is 1. The largest absolute Gasteiger partial charge is 0.479 e. The molecule has 0 aliphatic rings. The average molecular weight is 232 g/mol. The summed E-state index contributed by atoms with van der Waals surface area (Å²) >= 11 is 0. The molecule has 0 aliphatic heterocycles. The number of carboxylic acid groups (broad SMARTS) is 1. The van der Waals surface area contributed by atoms with Crippen LogP contribution in [0.2, 0.25) is 0 Å². The maximum absolute atomic E-state index is 10.9. The van der Waals surface area contributed by atoms with E-state index in [0.29, 0.717) is 0 Å². The van der Waals surface area contributed by atoms with E-state index in [0.717, 1.165) is 6.42 Å². The van der Waals surface area contributed by atoms with E-state index in [2.05, 4.69) is 20.8 Å². The van der Waals surface area contributed by atoms with Crippen molar-refractivity contribution < 1.29 is 20.1 Å². The Bertz CT molecular complexity index is 252. The molecule has 0 spiro atoms. The number of aliphatic carboxylic acids is 1. The highest BCUT2D eigenvalue weighted by Gasteiger charge is 2.41. The molecule has 96 valence electrons. The Labute approximate surface area is 97.3 Å². The minimum atomic E-state index is -2.03. The van der Waals surface area contributed by atoms with Gasteiger partial charge in [0.15, 0.2) is 5.60 Å². The molecule has 1 unspecified atom stereocenters. The average Bonchev–Trinajstić information content (AvgIpc) is 1.97. The monoisotopic (exact) mass is 232 g/mol. The lowest BCUT2D eigenvalue weighted by molar-refractivity contribution is -0.167. The first-order valence-electron chi connectivity index (χ1n) is 5.49. The molecule has 3 N–H and O–H groups in total. The second-order valence-corrected chi connectivity index (χ2v) is 6.57. The van der Waals surface area contributed by atoms with Crippen LogP contribution in [0.25, 0.3) is 0 Å². The number of rotatable bonds is 5. The van der Waals surface area contributed by atoms with Crippen LogP contribution in [0, 0.1) is 10.8 Å². The first-order valence-corrected chi connectivity index (χ1v) is 5.49. The zero-order valence-electron chi connectivity index (χ0n) is 10.9. The second kappa shape index (κ2) is 4.72. The summed E-state index contributed by atoms with van der Waals surface area (Å²) in [5.74, 6) is -1.36. The number of aliphatic hydroxyl groups excluding tert-OH is 1. The molecule has 0 radical (unpaired) electrons. The summed E-state index contributed by atoms with van der Waals surface area (Å²) in [6.07, 6.45) is 0.818. The van der Waals surface area contributed by atoms with Gasteiger partial charge in [0.25, 0.3) is 0 Å². The Morgan fingerprint density at radius 1 is 1.06 bits per heavy atom. The van der Waals surface area contributed by atoms with E-state index in [1.165, 1.54) is 0 Å². The molecule has 16 heavy (non-hydrogen) atoms. The maximum Gasteiger partial charge on any atom is 0.338 e. The lowest BCUT2D eigenvalue weighted by Gasteiger charge is -2.36. The van der Waals surface area contributed by atoms with E-state index in [-0.39, 0.29) is 17.3 Å². The standard InChI is InChI=1S/C12H24O4/c1-10(2,3)6-11(4,5)7-12(16,8-13)9(14)15/h13,16H,6-8H2,1-5H3,(H,14,15). The summed E-state index contributed by atoms with van der Waals surface area (Å²) in [6, 6.07) is 0. The molecule has 4 heteroatoms. The third-order valence-electron chi connectivity index (χ3n) is 2.44. The number of aliphatic hydroxyl groups is 2. The summed E-state index contributed by atoms with van der Waals surface area (Å²) in [5.41, 5.74) is -2.32. The van der Waals surface area contributed by atoms with Crippen LogP contribution in [0.3, 0.4) is 0 Å². The molecular weight excluding hydrogens is 208 g/mol. The van der Waals surface area contributed by atoms with Gasteiger partial charge in [0, 0.05) is 0 Å². The predicted molar refractivity (Wildman–Crippen MR) is 62.1 cm³/mol. The molecule has 0 saturated carbocycles. The molecule has 0 aliphatic carbocycles. The van der Waals surface area contributed by atoms with Crippen LogP contribution in [-0.4, -0.2) is 33.5 Å². The van der Waals surface area contributed by atoms with Crippen molar-refractivity contribution in [1.29, 1.82) is 0 Å². The van der Waals surface area contributed by atoms with Crippen molar-refractivity contribution in [3.8, 4) is 0 Å². The minimum absolute atomic E-state index is 0.0447. The third-order valence-corrected chi connectivity index (χ3v) is 2.44. The van der Waals surface area contributed by atoms with Crippen molar-refractivity contribution >= 4 is 5.97 Å². The highest BCUT2D eigenvalue weighted by molar-refractivity contribution is 5.77. The lowest BCUT2D eigenvalue weighted by atomic mass is 9.71. The Kier molecular flexibility index (Phi) is 4.54. The van der Waals surface area contributed by atoms with Crippen molar-refractivity contribution in [1.82, 2.24) is 0 Å². The van der Waals surface area contributed by atoms with E-state index in [1.54, 1.807) is 0 Å². The summed E-state index contributed by atoms with van der Waals surface area (Å²) in [4.78, 5) is 10.9. The number of hydrogen-bond donors (Lipinski definition) is 3. The lowest BCUT2D eigenvalue weighted by Crippen LogP contribution is -2.46. The van der Waals surface area contributed by atoms with Gasteiger partial charge >= 0.3 is 5.97 Å². The highest BCUT2D eigenvalue weighted by Crippen LogP contribution is 2.39. The molecule has 0 bridgehead atoms. The molecule has 0 rings (SSSR count). The molecule has 1 atom stereocenters. The Morgan fingerprint density at radius 2 is 1.50 bits per heavy atom. The normalized spacial score (nSPS) is 16.9. The van der Waals surface area contributed by atoms with Crippen LogP contribution in [0.5, 0.6) is 0 Å². The first-order chi connectivity index (χ1) is 6.92. The highest BCUT2D eigenvalue weighted by atomic mass is 16.4. The summed E-state index contributed by atoms with van der Waals surface area (Å²) in [6.45, 7) is 9.24. The molecule has 0 aromatic heterocycles. The molecule has 0 fully saturated rings. The molecule has 0 saturated heterocycles. The fourth-order valence-electron chi connectivity index (χ4n) is 2.49. The van der Waals surface area contributed by atoms with Gasteiger partial charge in [-0.3, -0.25) is 0 Å². The molecule has 4 nitrogen and oxygen atoms in total. The minimum Gasteiger partial charge on any atom is -0.479 e. The van der Waals surface area contributed by atoms with Crippen LogP contribution in [-0.2, 0) is 4.79 Å². The van der Waals surface area contributed by atoms with Gasteiger partial charge in [-0.05, 0) is 23.7 Å². The van der Waals surface area contributed by atoms with E-state index in [9.17, 15) is 9.90 Å². The zero-order chi connectivity index (χ0) is 13.2. The third kappa shape index (κ3) is 4.94. The van der Waals surface area contributed by atoms with E-state index >= 15 is 0 Å². The van der Waals surface area contributed by atoms with Gasteiger partial charge < -0.3 is 15.3 Å². The van der Waals surface area contributed by atoms with Gasteiger partial charge in [-0.1, -0.05) is 34.6 Å². The molecule has 0 aromatic rings. The van der Waals surface area contributed by atoms with Gasteiger partial charge in [-0.15, -0.1) is 0 Å². The SMILES string of the molecule is CC(C)(C)CC(C)(C)CC(O)(CO)C(=O)O. The molecular formula is C12H24O4. The van der Waals surface area contributed by atoms with Crippen molar-refractivity contribution in [3.63, 3.8) is 0 Å². The van der Waals surface area contributed by atoms with Gasteiger partial charge in [0.2, 0.25) is 0 Å². The van der Waals surface area contributed by atoms with Crippen LogP contribution in [0.1, 0.15) is 47.5 Å². The summed E-state index contributed by atoms with van der Waals surface area (Å²) in [7, 11) is 0. The fourth-order valence-corrected chi connectivity index (χ4v) is 2.49. The first kappa shape index (κ1) is 15.4. The summed E-state index contributed by atoms with van der Waals surface area (Å²) in [5, 5.41) is 27.7. The quantitative estimate of drug-likeness (QED) is 0.673. The van der Waals surface area contributed by atoms with Crippen LogP contribution in [0.4, 0.5) is 0 Å². The molecule has 0 aromatic carbocycles. The Balaban J connectivity index is 4.74. The molecule has 0 amide bonds. The van der Waals surface area contributed by atoms with Gasteiger partial charge in [-0.2, -0.15) is 0 Å². The second-order valence-electron chi connectivity index (χ2n) is 6.57. The number of hydrogen-bond acceptors (Lipinski definition) is 3. The Hall–Kier alpha value is -0.610. The van der Waals surface area contributed by atoms with Crippen LogP contribution < -0.4 is 0 Å². The fraction of sp³-hybridized carbons (Fsp3) is 0.917. The topological polar surface area (TPSA) is 77.8 Å². The zero-order valence-corrected chi connectivity index (χ0v) is 10.9. The van der Waals surface area contributed by atoms with Crippen LogP contribution in [0.15, 0.2) is 0 Å². The van der Waals surface area contributed by atoms with Crippen LogP contribution >= 0.6 is 0 Å². The maximum atomic E-state index is 10.9. The van der Waals surface area contributed by atoms with Crippen molar-refractivity contribution in [2.45, 2.75) is 53.1 Å². The van der Waals surface area contributed by atoms with E-state index in [4.69, 9.17) is 10.2 Å².